The van der Waals surface area contributed by atoms with E-state index in [4.69, 9.17) is 0 Å². The summed E-state index contributed by atoms with van der Waals surface area (Å²) in [5.41, 5.74) is 2.08. The Morgan fingerprint density at radius 3 is 2.39 bits per heavy atom. The fraction of sp³-hybridized carbons (Fsp3) is 0.652. The SMILES string of the molecule is CC(C)c1ccccc1NC(=O)CN1CCC(NC(=O)C2CCCCC2)CC1. The lowest BCUT2D eigenvalue weighted by molar-refractivity contribution is -0.127. The maximum absolute atomic E-state index is 12.5. The van der Waals surface area contributed by atoms with Crippen LogP contribution in [0.5, 0.6) is 0 Å². The van der Waals surface area contributed by atoms with Crippen LogP contribution < -0.4 is 10.6 Å². The molecule has 0 atom stereocenters. The van der Waals surface area contributed by atoms with Crippen LogP contribution in [0.4, 0.5) is 5.69 Å². The minimum atomic E-state index is 0.0396. The molecule has 0 unspecified atom stereocenters. The smallest absolute Gasteiger partial charge is 0.238 e. The molecule has 0 spiro atoms. The largest absolute Gasteiger partial charge is 0.353 e. The van der Waals surface area contributed by atoms with Gasteiger partial charge in [-0.3, -0.25) is 14.5 Å². The molecule has 154 valence electrons. The number of anilines is 1. The van der Waals surface area contributed by atoms with Gasteiger partial charge in [0.1, 0.15) is 0 Å². The molecule has 0 bridgehead atoms. The summed E-state index contributed by atoms with van der Waals surface area (Å²) in [5, 5.41) is 6.33. The molecule has 5 nitrogen and oxygen atoms in total. The van der Waals surface area contributed by atoms with E-state index in [-0.39, 0.29) is 23.8 Å². The number of likely N-dealkylation sites (tertiary alicyclic amines) is 1. The van der Waals surface area contributed by atoms with Crippen molar-refractivity contribution in [3.8, 4) is 0 Å². The number of rotatable bonds is 6. The molecule has 1 aromatic carbocycles. The van der Waals surface area contributed by atoms with E-state index in [0.717, 1.165) is 44.5 Å². The lowest BCUT2D eigenvalue weighted by atomic mass is 9.88. The molecular formula is C23H35N3O2. The molecule has 1 aliphatic heterocycles. The number of carbonyl (C=O) groups excluding carboxylic acids is 2. The van der Waals surface area contributed by atoms with E-state index in [0.29, 0.717) is 12.5 Å². The summed E-state index contributed by atoms with van der Waals surface area (Å²) in [6, 6.07) is 8.27. The number of hydrogen-bond donors (Lipinski definition) is 2. The van der Waals surface area contributed by atoms with Crippen molar-refractivity contribution in [2.45, 2.75) is 70.8 Å². The Kier molecular flexibility index (Phi) is 7.49. The van der Waals surface area contributed by atoms with E-state index in [9.17, 15) is 9.59 Å². The molecule has 0 aromatic heterocycles. The van der Waals surface area contributed by atoms with Gasteiger partial charge in [-0.05, 0) is 43.2 Å². The van der Waals surface area contributed by atoms with Crippen LogP contribution in [0.25, 0.3) is 0 Å². The van der Waals surface area contributed by atoms with Crippen molar-refractivity contribution in [3.05, 3.63) is 29.8 Å². The first kappa shape index (κ1) is 20.8. The van der Waals surface area contributed by atoms with Gasteiger partial charge in [-0.25, -0.2) is 0 Å². The third-order valence-corrected chi connectivity index (χ3v) is 6.13. The van der Waals surface area contributed by atoms with E-state index in [1.807, 2.05) is 18.2 Å². The molecule has 5 heteroatoms. The van der Waals surface area contributed by atoms with Crippen molar-refractivity contribution in [1.82, 2.24) is 10.2 Å². The summed E-state index contributed by atoms with van der Waals surface area (Å²) in [6.07, 6.45) is 7.58. The van der Waals surface area contributed by atoms with Crippen molar-refractivity contribution in [3.63, 3.8) is 0 Å². The highest BCUT2D eigenvalue weighted by Crippen LogP contribution is 2.25. The first-order valence-corrected chi connectivity index (χ1v) is 10.9. The van der Waals surface area contributed by atoms with Gasteiger partial charge in [-0.1, -0.05) is 51.3 Å². The number of amides is 2. The average Bonchev–Trinajstić information content (AvgIpc) is 2.70. The van der Waals surface area contributed by atoms with Crippen LogP contribution in [0.1, 0.15) is 70.3 Å². The van der Waals surface area contributed by atoms with E-state index < -0.39 is 0 Å². The quantitative estimate of drug-likeness (QED) is 0.780. The van der Waals surface area contributed by atoms with Gasteiger partial charge in [0.2, 0.25) is 11.8 Å². The minimum Gasteiger partial charge on any atom is -0.353 e. The summed E-state index contributed by atoms with van der Waals surface area (Å²) in [5.74, 6) is 0.887. The number of hydrogen-bond acceptors (Lipinski definition) is 3. The van der Waals surface area contributed by atoms with Crippen LogP contribution >= 0.6 is 0 Å². The summed E-state index contributed by atoms with van der Waals surface area (Å²) in [6.45, 7) is 6.40. The maximum atomic E-state index is 12.5. The highest BCUT2D eigenvalue weighted by atomic mass is 16.2. The number of piperidine rings is 1. The van der Waals surface area contributed by atoms with Gasteiger partial charge in [-0.15, -0.1) is 0 Å². The Morgan fingerprint density at radius 2 is 1.71 bits per heavy atom. The molecule has 3 rings (SSSR count). The predicted molar refractivity (Wildman–Crippen MR) is 113 cm³/mol. The molecule has 0 radical (unpaired) electrons. The van der Waals surface area contributed by atoms with Gasteiger partial charge in [0.25, 0.3) is 0 Å². The van der Waals surface area contributed by atoms with Crippen LogP contribution in [0.3, 0.4) is 0 Å². The standard InChI is InChI=1S/C23H35N3O2/c1-17(2)20-10-6-7-11-21(20)25-22(27)16-26-14-12-19(13-15-26)24-23(28)18-8-4-3-5-9-18/h6-7,10-11,17-19H,3-5,8-9,12-16H2,1-2H3,(H,24,28)(H,25,27). The molecular weight excluding hydrogens is 350 g/mol. The maximum Gasteiger partial charge on any atom is 0.238 e. The number of nitrogens with one attached hydrogen (secondary N) is 2. The van der Waals surface area contributed by atoms with Gasteiger partial charge >= 0.3 is 0 Å². The second-order valence-electron chi connectivity index (χ2n) is 8.68. The molecule has 2 fully saturated rings. The summed E-state index contributed by atoms with van der Waals surface area (Å²) >= 11 is 0. The van der Waals surface area contributed by atoms with Crippen LogP contribution in [0.2, 0.25) is 0 Å². The van der Waals surface area contributed by atoms with E-state index in [1.54, 1.807) is 0 Å². The molecule has 1 aromatic rings. The van der Waals surface area contributed by atoms with Crippen LogP contribution in [0.15, 0.2) is 24.3 Å². The Labute approximate surface area is 169 Å². The van der Waals surface area contributed by atoms with Gasteiger partial charge in [-0.2, -0.15) is 0 Å². The van der Waals surface area contributed by atoms with Crippen molar-refractivity contribution in [2.75, 3.05) is 25.0 Å². The van der Waals surface area contributed by atoms with Crippen LogP contribution in [0, 0.1) is 5.92 Å². The van der Waals surface area contributed by atoms with Gasteiger partial charge < -0.3 is 10.6 Å². The fourth-order valence-electron chi connectivity index (χ4n) is 4.43. The zero-order valence-corrected chi connectivity index (χ0v) is 17.4. The third kappa shape index (κ3) is 5.81. The van der Waals surface area contributed by atoms with Crippen molar-refractivity contribution in [1.29, 1.82) is 0 Å². The van der Waals surface area contributed by atoms with E-state index >= 15 is 0 Å². The number of nitrogens with zero attached hydrogens (tertiary/aromatic N) is 1. The molecule has 1 saturated carbocycles. The molecule has 2 amide bonds. The van der Waals surface area contributed by atoms with Gasteiger partial charge in [0, 0.05) is 30.7 Å². The highest BCUT2D eigenvalue weighted by molar-refractivity contribution is 5.93. The Balaban J connectivity index is 1.41. The molecule has 1 saturated heterocycles. The van der Waals surface area contributed by atoms with Crippen LogP contribution in [-0.2, 0) is 9.59 Å². The predicted octanol–water partition coefficient (Wildman–Crippen LogP) is 3.91. The first-order valence-electron chi connectivity index (χ1n) is 10.9. The third-order valence-electron chi connectivity index (χ3n) is 6.13. The topological polar surface area (TPSA) is 61.4 Å². The molecule has 1 aliphatic carbocycles. The second-order valence-corrected chi connectivity index (χ2v) is 8.68. The molecule has 2 N–H and O–H groups in total. The lowest BCUT2D eigenvalue weighted by Crippen LogP contribution is -2.48. The minimum absolute atomic E-state index is 0.0396. The summed E-state index contributed by atoms with van der Waals surface area (Å²) in [4.78, 5) is 27.1. The van der Waals surface area contributed by atoms with Crippen molar-refractivity contribution >= 4 is 17.5 Å². The molecule has 1 heterocycles. The zero-order chi connectivity index (χ0) is 19.9. The van der Waals surface area contributed by atoms with Crippen molar-refractivity contribution < 1.29 is 9.59 Å². The average molecular weight is 386 g/mol. The zero-order valence-electron chi connectivity index (χ0n) is 17.4. The lowest BCUT2D eigenvalue weighted by Gasteiger charge is -2.33. The monoisotopic (exact) mass is 385 g/mol. The second kappa shape index (κ2) is 10.1. The Hall–Kier alpha value is -1.88. The van der Waals surface area contributed by atoms with Gasteiger partial charge in [0.05, 0.1) is 6.54 Å². The summed E-state index contributed by atoms with van der Waals surface area (Å²) < 4.78 is 0. The molecule has 28 heavy (non-hydrogen) atoms. The highest BCUT2D eigenvalue weighted by Gasteiger charge is 2.26. The fourth-order valence-corrected chi connectivity index (χ4v) is 4.43. The Morgan fingerprint density at radius 1 is 1.04 bits per heavy atom. The van der Waals surface area contributed by atoms with E-state index in [1.165, 1.54) is 24.8 Å². The number of benzene rings is 1. The van der Waals surface area contributed by atoms with Crippen molar-refractivity contribution in [2.24, 2.45) is 5.92 Å². The van der Waals surface area contributed by atoms with Crippen LogP contribution in [-0.4, -0.2) is 42.4 Å². The normalized spacial score (nSPS) is 19.5. The number of para-hydroxylation sites is 1. The first-order chi connectivity index (χ1) is 13.5. The molecule has 2 aliphatic rings. The summed E-state index contributed by atoms with van der Waals surface area (Å²) in [7, 11) is 0. The Bertz CT molecular complexity index is 660. The van der Waals surface area contributed by atoms with Gasteiger partial charge in [0.15, 0.2) is 0 Å². The van der Waals surface area contributed by atoms with E-state index in [2.05, 4.69) is 35.4 Å². The number of carbonyl (C=O) groups is 2.